The number of ketones is 1. The number of carbonyl (C=O) groups is 2. The van der Waals surface area contributed by atoms with Gasteiger partial charge in [-0.1, -0.05) is 18.2 Å². The van der Waals surface area contributed by atoms with E-state index < -0.39 is 0 Å². The number of amides is 1. The van der Waals surface area contributed by atoms with E-state index in [0.717, 1.165) is 20.9 Å². The summed E-state index contributed by atoms with van der Waals surface area (Å²) in [7, 11) is 0. The van der Waals surface area contributed by atoms with Gasteiger partial charge in [-0.25, -0.2) is 0 Å². The quantitative estimate of drug-likeness (QED) is 0.701. The van der Waals surface area contributed by atoms with Crippen molar-refractivity contribution in [2.45, 2.75) is 19.9 Å². The summed E-state index contributed by atoms with van der Waals surface area (Å²) in [5.41, 5.74) is 2.07. The molecule has 1 saturated heterocycles. The lowest BCUT2D eigenvalue weighted by molar-refractivity contribution is -0.134. The Morgan fingerprint density at radius 3 is 2.79 bits per heavy atom. The second-order valence-corrected chi connectivity index (χ2v) is 7.57. The van der Waals surface area contributed by atoms with Crippen molar-refractivity contribution in [3.05, 3.63) is 46.0 Å². The van der Waals surface area contributed by atoms with Crippen LogP contribution in [0.15, 0.2) is 35.5 Å². The van der Waals surface area contributed by atoms with Gasteiger partial charge >= 0.3 is 0 Å². The van der Waals surface area contributed by atoms with Crippen molar-refractivity contribution in [2.24, 2.45) is 5.92 Å². The third-order valence-electron chi connectivity index (χ3n) is 4.39. The average Bonchev–Trinajstić information content (AvgIpc) is 2.78. The Morgan fingerprint density at radius 2 is 2.12 bits per heavy atom. The number of rotatable bonds is 5. The zero-order valence-electron chi connectivity index (χ0n) is 13.4. The highest BCUT2D eigenvalue weighted by Gasteiger charge is 2.30. The molecule has 0 saturated carbocycles. The van der Waals surface area contributed by atoms with Gasteiger partial charge in [-0.3, -0.25) is 9.59 Å². The van der Waals surface area contributed by atoms with Crippen molar-refractivity contribution in [2.75, 3.05) is 13.1 Å². The molecule has 0 atom stereocenters. The minimum Gasteiger partial charge on any atom is -0.339 e. The number of nitrogens with zero attached hydrogens (tertiary/aromatic N) is 2. The molecule has 0 aliphatic carbocycles. The molecule has 1 aromatic carbocycles. The summed E-state index contributed by atoms with van der Waals surface area (Å²) in [6, 6.07) is 3.81. The van der Waals surface area contributed by atoms with Crippen LogP contribution in [0, 0.1) is 12.8 Å². The van der Waals surface area contributed by atoms with Crippen LogP contribution in [0.1, 0.15) is 12.0 Å². The molecule has 4 nitrogen and oxygen atoms in total. The lowest BCUT2D eigenvalue weighted by Gasteiger charge is -2.38. The van der Waals surface area contributed by atoms with E-state index >= 15 is 0 Å². The number of halogens is 2. The second kappa shape index (κ2) is 6.73. The lowest BCUT2D eigenvalue weighted by atomic mass is 9.94. The Labute approximate surface area is 154 Å². The van der Waals surface area contributed by atoms with Crippen molar-refractivity contribution in [3.63, 3.8) is 0 Å². The minimum absolute atomic E-state index is 0.0634. The molecule has 1 aliphatic rings. The number of likely N-dealkylation sites (tertiary alicyclic amines) is 1. The maximum atomic E-state index is 12.4. The van der Waals surface area contributed by atoms with Crippen LogP contribution < -0.4 is 0 Å². The first-order valence-electron chi connectivity index (χ1n) is 7.76. The Morgan fingerprint density at radius 1 is 1.42 bits per heavy atom. The van der Waals surface area contributed by atoms with E-state index in [1.807, 2.05) is 29.8 Å². The van der Waals surface area contributed by atoms with E-state index in [4.69, 9.17) is 11.6 Å². The van der Waals surface area contributed by atoms with E-state index in [9.17, 15) is 9.59 Å². The van der Waals surface area contributed by atoms with Crippen molar-refractivity contribution in [1.29, 1.82) is 0 Å². The summed E-state index contributed by atoms with van der Waals surface area (Å²) in [6.45, 7) is 7.08. The fraction of sp³-hybridized carbons (Fsp3) is 0.333. The first-order valence-corrected chi connectivity index (χ1v) is 8.93. The summed E-state index contributed by atoms with van der Waals surface area (Å²) >= 11 is 9.66. The van der Waals surface area contributed by atoms with Crippen LogP contribution in [-0.2, 0) is 16.1 Å². The molecular formula is C18H18BrClN2O2. The zero-order chi connectivity index (χ0) is 17.4. The Hall–Kier alpha value is -1.59. The number of hydrogen-bond acceptors (Lipinski definition) is 2. The molecule has 1 aliphatic heterocycles. The summed E-state index contributed by atoms with van der Waals surface area (Å²) < 4.78 is 2.90. The maximum absolute atomic E-state index is 12.4. The van der Waals surface area contributed by atoms with Crippen molar-refractivity contribution in [3.8, 4) is 0 Å². The SMILES string of the molecule is C=CC(=O)N1CC(CC(=O)Cn2cc(Br)c3cc(Cl)cc(C)c32)C1. The van der Waals surface area contributed by atoms with Gasteiger partial charge in [0.15, 0.2) is 5.78 Å². The van der Waals surface area contributed by atoms with Crippen LogP contribution in [0.3, 0.4) is 0 Å². The number of aromatic nitrogens is 1. The monoisotopic (exact) mass is 408 g/mol. The van der Waals surface area contributed by atoms with E-state index in [1.54, 1.807) is 4.90 Å². The third-order valence-corrected chi connectivity index (χ3v) is 5.24. The number of hydrogen-bond donors (Lipinski definition) is 0. The largest absolute Gasteiger partial charge is 0.339 e. The average molecular weight is 410 g/mol. The molecule has 1 amide bonds. The maximum Gasteiger partial charge on any atom is 0.245 e. The summed E-state index contributed by atoms with van der Waals surface area (Å²) in [5.74, 6) is 0.359. The van der Waals surface area contributed by atoms with Crippen LogP contribution in [0.4, 0.5) is 0 Å². The van der Waals surface area contributed by atoms with Gasteiger partial charge in [0.25, 0.3) is 0 Å². The molecule has 2 heterocycles. The Bertz CT molecular complexity index is 837. The zero-order valence-corrected chi connectivity index (χ0v) is 15.7. The number of fused-ring (bicyclic) bond motifs is 1. The van der Waals surface area contributed by atoms with Crippen LogP contribution in [-0.4, -0.2) is 34.2 Å². The van der Waals surface area contributed by atoms with Gasteiger partial charge in [0, 0.05) is 46.5 Å². The number of Topliss-reactive ketones (excluding diaryl/α,β-unsaturated/α-hetero) is 1. The molecule has 6 heteroatoms. The number of aryl methyl sites for hydroxylation is 1. The van der Waals surface area contributed by atoms with Crippen molar-refractivity contribution < 1.29 is 9.59 Å². The first-order chi connectivity index (χ1) is 11.4. The van der Waals surface area contributed by atoms with Gasteiger partial charge in [0.1, 0.15) is 0 Å². The molecule has 0 N–H and O–H groups in total. The topological polar surface area (TPSA) is 42.3 Å². The van der Waals surface area contributed by atoms with Gasteiger partial charge < -0.3 is 9.47 Å². The molecule has 24 heavy (non-hydrogen) atoms. The van der Waals surface area contributed by atoms with Crippen molar-refractivity contribution in [1.82, 2.24) is 9.47 Å². The van der Waals surface area contributed by atoms with E-state index in [1.165, 1.54) is 6.08 Å². The molecular weight excluding hydrogens is 392 g/mol. The fourth-order valence-electron chi connectivity index (χ4n) is 3.28. The number of carbonyl (C=O) groups excluding carboxylic acids is 2. The van der Waals surface area contributed by atoms with Gasteiger partial charge in [-0.15, -0.1) is 0 Å². The van der Waals surface area contributed by atoms with Crippen molar-refractivity contribution >= 4 is 50.1 Å². The standard InChI is InChI=1S/C18H18BrClN2O2/c1-3-17(24)21-7-12(8-21)5-14(23)9-22-10-16(19)15-6-13(20)4-11(2)18(15)22/h3-4,6,10,12H,1,5,7-9H2,2H3. The molecule has 0 unspecified atom stereocenters. The highest BCUT2D eigenvalue weighted by Crippen LogP contribution is 2.32. The fourth-order valence-corrected chi connectivity index (χ4v) is 4.10. The van der Waals surface area contributed by atoms with Crippen LogP contribution >= 0.6 is 27.5 Å². The summed E-state index contributed by atoms with van der Waals surface area (Å²) in [5, 5.41) is 1.70. The predicted octanol–water partition coefficient (Wildman–Crippen LogP) is 3.97. The third kappa shape index (κ3) is 3.28. The molecule has 1 fully saturated rings. The van der Waals surface area contributed by atoms with Crippen LogP contribution in [0.2, 0.25) is 5.02 Å². The van der Waals surface area contributed by atoms with Gasteiger partial charge in [-0.2, -0.15) is 0 Å². The molecule has 2 aromatic rings. The van der Waals surface area contributed by atoms with Crippen LogP contribution in [0.25, 0.3) is 10.9 Å². The molecule has 126 valence electrons. The summed E-state index contributed by atoms with van der Waals surface area (Å²) in [6.07, 6.45) is 3.74. The van der Waals surface area contributed by atoms with E-state index in [2.05, 4.69) is 22.5 Å². The Balaban J connectivity index is 1.69. The lowest BCUT2D eigenvalue weighted by Crippen LogP contribution is -2.50. The van der Waals surface area contributed by atoms with E-state index in [0.29, 0.717) is 31.1 Å². The molecule has 0 spiro atoms. The number of benzene rings is 1. The normalized spacial score (nSPS) is 14.7. The minimum atomic E-state index is -0.0634. The molecule has 3 rings (SSSR count). The van der Waals surface area contributed by atoms with Crippen LogP contribution in [0.5, 0.6) is 0 Å². The molecule has 0 bridgehead atoms. The van der Waals surface area contributed by atoms with Gasteiger partial charge in [0.05, 0.1) is 12.1 Å². The summed E-state index contributed by atoms with van der Waals surface area (Å²) in [4.78, 5) is 25.5. The van der Waals surface area contributed by atoms with E-state index in [-0.39, 0.29) is 17.6 Å². The molecule has 0 radical (unpaired) electrons. The second-order valence-electron chi connectivity index (χ2n) is 6.28. The Kier molecular flexibility index (Phi) is 4.83. The molecule has 1 aromatic heterocycles. The highest BCUT2D eigenvalue weighted by atomic mass is 79.9. The van der Waals surface area contributed by atoms with Gasteiger partial charge in [0.2, 0.25) is 5.91 Å². The van der Waals surface area contributed by atoms with Gasteiger partial charge in [-0.05, 0) is 46.6 Å². The smallest absolute Gasteiger partial charge is 0.245 e. The highest BCUT2D eigenvalue weighted by molar-refractivity contribution is 9.10. The predicted molar refractivity (Wildman–Crippen MR) is 99.3 cm³/mol. The first kappa shape index (κ1) is 17.2.